The van der Waals surface area contributed by atoms with Crippen molar-refractivity contribution in [1.82, 2.24) is 14.8 Å². The Morgan fingerprint density at radius 3 is 2.84 bits per heavy atom. The number of rotatable bonds is 4. The summed E-state index contributed by atoms with van der Waals surface area (Å²) in [7, 11) is 0. The summed E-state index contributed by atoms with van der Waals surface area (Å²) in [4.78, 5) is 23.5. The van der Waals surface area contributed by atoms with Crippen molar-refractivity contribution in [2.45, 2.75) is 30.4 Å². The number of hydrogen-bond donors (Lipinski definition) is 1. The van der Waals surface area contributed by atoms with Crippen LogP contribution in [-0.4, -0.2) is 20.5 Å². The predicted molar refractivity (Wildman–Crippen MR) is 74.1 cm³/mol. The van der Waals surface area contributed by atoms with Gasteiger partial charge in [0.15, 0.2) is 10.9 Å². The van der Waals surface area contributed by atoms with E-state index in [0.717, 1.165) is 4.90 Å². The Balaban J connectivity index is 2.31. The van der Waals surface area contributed by atoms with Gasteiger partial charge in [0.25, 0.3) is 0 Å². The minimum atomic E-state index is -0.239. The fourth-order valence-electron chi connectivity index (χ4n) is 1.61. The van der Waals surface area contributed by atoms with Crippen LogP contribution in [-0.2, 0) is 6.54 Å². The lowest BCUT2D eigenvalue weighted by molar-refractivity contribution is 0.101. The lowest BCUT2D eigenvalue weighted by Crippen LogP contribution is -2.15. The number of aromatic amines is 1. The van der Waals surface area contributed by atoms with Gasteiger partial charge >= 0.3 is 5.69 Å². The maximum atomic E-state index is 11.4. The fraction of sp³-hybridized carbons (Fsp3) is 0.250. The van der Waals surface area contributed by atoms with E-state index in [2.05, 4.69) is 10.2 Å². The predicted octanol–water partition coefficient (Wildman–Crippen LogP) is 2.60. The Morgan fingerprint density at radius 1 is 1.53 bits per heavy atom. The van der Waals surface area contributed by atoms with Gasteiger partial charge in [-0.15, -0.1) is 5.10 Å². The van der Waals surface area contributed by atoms with Crippen LogP contribution < -0.4 is 5.69 Å². The van der Waals surface area contributed by atoms with Crippen LogP contribution in [0, 0.1) is 0 Å². The number of hydrogen-bond acceptors (Lipinski definition) is 4. The molecule has 0 unspecified atom stereocenters. The Labute approximate surface area is 119 Å². The first kappa shape index (κ1) is 13.9. The standard InChI is InChI=1S/C12H12ClN3O2S/c1-3-16-11(18)14-15-12(16)19-8-4-5-9(7(2)17)10(13)6-8/h4-6H,3H2,1-2H3,(H,14,18). The molecule has 1 heterocycles. The Hall–Kier alpha value is -1.53. The number of benzene rings is 1. The molecule has 5 nitrogen and oxygen atoms in total. The summed E-state index contributed by atoms with van der Waals surface area (Å²) in [6.45, 7) is 3.88. The third-order valence-corrected chi connectivity index (χ3v) is 3.87. The maximum absolute atomic E-state index is 11.4. The zero-order valence-electron chi connectivity index (χ0n) is 10.4. The van der Waals surface area contributed by atoms with Crippen LogP contribution in [0.4, 0.5) is 0 Å². The number of H-pyrrole nitrogens is 1. The molecular formula is C12H12ClN3O2S. The molecule has 1 aromatic carbocycles. The zero-order chi connectivity index (χ0) is 14.0. The Kier molecular flexibility index (Phi) is 4.11. The van der Waals surface area contributed by atoms with E-state index in [0.29, 0.717) is 22.3 Å². The van der Waals surface area contributed by atoms with Gasteiger partial charge in [0, 0.05) is 17.0 Å². The van der Waals surface area contributed by atoms with Crippen LogP contribution in [0.1, 0.15) is 24.2 Å². The molecule has 0 saturated heterocycles. The maximum Gasteiger partial charge on any atom is 0.343 e. The highest BCUT2D eigenvalue weighted by Gasteiger charge is 2.11. The number of aromatic nitrogens is 3. The van der Waals surface area contributed by atoms with Crippen LogP contribution in [0.25, 0.3) is 0 Å². The van der Waals surface area contributed by atoms with Gasteiger partial charge in [-0.25, -0.2) is 9.89 Å². The molecule has 0 saturated carbocycles. The second-order valence-electron chi connectivity index (χ2n) is 3.86. The molecule has 2 aromatic rings. The summed E-state index contributed by atoms with van der Waals surface area (Å²) in [6.07, 6.45) is 0. The van der Waals surface area contributed by atoms with E-state index < -0.39 is 0 Å². The second kappa shape index (κ2) is 5.63. The smallest absolute Gasteiger partial charge is 0.294 e. The van der Waals surface area contributed by atoms with Gasteiger partial charge in [-0.2, -0.15) is 0 Å². The molecule has 19 heavy (non-hydrogen) atoms. The number of carbonyl (C=O) groups is 1. The van der Waals surface area contributed by atoms with E-state index in [-0.39, 0.29) is 11.5 Å². The SMILES string of the molecule is CCn1c(Sc2ccc(C(C)=O)c(Cl)c2)n[nH]c1=O. The van der Waals surface area contributed by atoms with E-state index in [9.17, 15) is 9.59 Å². The lowest BCUT2D eigenvalue weighted by atomic mass is 10.1. The molecule has 0 amide bonds. The molecule has 7 heteroatoms. The van der Waals surface area contributed by atoms with Gasteiger partial charge in [-0.1, -0.05) is 11.6 Å². The van der Waals surface area contributed by atoms with Gasteiger partial charge in [0.2, 0.25) is 0 Å². The van der Waals surface area contributed by atoms with Crippen molar-refractivity contribution in [3.05, 3.63) is 39.3 Å². The largest absolute Gasteiger partial charge is 0.343 e. The molecule has 1 aromatic heterocycles. The molecule has 2 rings (SSSR count). The van der Waals surface area contributed by atoms with Crippen molar-refractivity contribution >= 4 is 29.1 Å². The quantitative estimate of drug-likeness (QED) is 0.881. The molecule has 100 valence electrons. The number of nitrogens with one attached hydrogen (secondary N) is 1. The van der Waals surface area contributed by atoms with Gasteiger partial charge in [0.05, 0.1) is 5.02 Å². The summed E-state index contributed by atoms with van der Waals surface area (Å²) in [5.41, 5.74) is 0.248. The Morgan fingerprint density at radius 2 is 2.26 bits per heavy atom. The van der Waals surface area contributed by atoms with Gasteiger partial charge in [-0.05, 0) is 43.8 Å². The highest BCUT2D eigenvalue weighted by Crippen LogP contribution is 2.29. The van der Waals surface area contributed by atoms with E-state index in [1.807, 2.05) is 6.92 Å². The monoisotopic (exact) mass is 297 g/mol. The minimum Gasteiger partial charge on any atom is -0.294 e. The van der Waals surface area contributed by atoms with Crippen LogP contribution in [0.3, 0.4) is 0 Å². The summed E-state index contributed by atoms with van der Waals surface area (Å²) >= 11 is 7.36. The minimum absolute atomic E-state index is 0.0770. The summed E-state index contributed by atoms with van der Waals surface area (Å²) < 4.78 is 1.53. The molecule has 0 fully saturated rings. The third kappa shape index (κ3) is 2.90. The summed E-state index contributed by atoms with van der Waals surface area (Å²) in [5.74, 6) is -0.0770. The summed E-state index contributed by atoms with van der Waals surface area (Å²) in [6, 6.07) is 5.16. The molecule has 1 N–H and O–H groups in total. The average molecular weight is 298 g/mol. The molecule has 0 aliphatic rings. The topological polar surface area (TPSA) is 67.8 Å². The molecular weight excluding hydrogens is 286 g/mol. The van der Waals surface area contributed by atoms with Gasteiger partial charge < -0.3 is 0 Å². The second-order valence-corrected chi connectivity index (χ2v) is 5.30. The van der Waals surface area contributed by atoms with E-state index in [1.54, 1.807) is 18.2 Å². The van der Waals surface area contributed by atoms with Crippen molar-refractivity contribution in [1.29, 1.82) is 0 Å². The molecule has 0 atom stereocenters. The highest BCUT2D eigenvalue weighted by atomic mass is 35.5. The zero-order valence-corrected chi connectivity index (χ0v) is 12.0. The molecule has 0 bridgehead atoms. The normalized spacial score (nSPS) is 10.7. The van der Waals surface area contributed by atoms with Crippen LogP contribution in [0.15, 0.2) is 33.0 Å². The first-order valence-corrected chi connectivity index (χ1v) is 6.86. The van der Waals surface area contributed by atoms with Crippen molar-refractivity contribution in [3.63, 3.8) is 0 Å². The van der Waals surface area contributed by atoms with Crippen LogP contribution >= 0.6 is 23.4 Å². The summed E-state index contributed by atoms with van der Waals surface area (Å²) in [5, 5.41) is 7.32. The van der Waals surface area contributed by atoms with Crippen molar-refractivity contribution in [3.8, 4) is 0 Å². The molecule has 0 radical (unpaired) electrons. The van der Waals surface area contributed by atoms with Gasteiger partial charge in [0.1, 0.15) is 0 Å². The van der Waals surface area contributed by atoms with Crippen molar-refractivity contribution < 1.29 is 4.79 Å². The number of ketones is 1. The number of nitrogens with zero attached hydrogens (tertiary/aromatic N) is 2. The Bertz CT molecular complexity index is 678. The first-order chi connectivity index (χ1) is 9.02. The first-order valence-electron chi connectivity index (χ1n) is 5.66. The molecule has 0 aliphatic heterocycles. The van der Waals surface area contributed by atoms with Gasteiger partial charge in [-0.3, -0.25) is 9.36 Å². The van der Waals surface area contributed by atoms with E-state index in [1.165, 1.54) is 23.3 Å². The number of halogens is 1. The fourth-order valence-corrected chi connectivity index (χ4v) is 2.93. The number of Topliss-reactive ketones (excluding diaryl/α,β-unsaturated/α-hetero) is 1. The van der Waals surface area contributed by atoms with Crippen LogP contribution in [0.5, 0.6) is 0 Å². The van der Waals surface area contributed by atoms with Crippen LogP contribution in [0.2, 0.25) is 5.02 Å². The van der Waals surface area contributed by atoms with Crippen molar-refractivity contribution in [2.75, 3.05) is 0 Å². The highest BCUT2D eigenvalue weighted by molar-refractivity contribution is 7.99. The number of carbonyl (C=O) groups excluding carboxylic acids is 1. The third-order valence-electron chi connectivity index (χ3n) is 2.57. The van der Waals surface area contributed by atoms with E-state index in [4.69, 9.17) is 11.6 Å². The van der Waals surface area contributed by atoms with E-state index >= 15 is 0 Å². The van der Waals surface area contributed by atoms with Crippen molar-refractivity contribution in [2.24, 2.45) is 0 Å². The average Bonchev–Trinajstić information content (AvgIpc) is 2.69. The molecule has 0 spiro atoms. The lowest BCUT2D eigenvalue weighted by Gasteiger charge is -2.05. The molecule has 0 aliphatic carbocycles.